The maximum atomic E-state index is 12.3. The molecule has 2 aromatic rings. The van der Waals surface area contributed by atoms with Gasteiger partial charge in [-0.05, 0) is 64.3 Å². The number of nitriles is 1. The predicted molar refractivity (Wildman–Crippen MR) is 94.2 cm³/mol. The van der Waals surface area contributed by atoms with Crippen molar-refractivity contribution in [2.45, 2.75) is 6.92 Å². The summed E-state index contributed by atoms with van der Waals surface area (Å²) in [6.07, 6.45) is 1.44. The molecular formula is C17H12BrClN2O2. The minimum absolute atomic E-state index is 0.0537. The van der Waals surface area contributed by atoms with Crippen LogP contribution in [0.4, 0.5) is 5.69 Å². The zero-order valence-corrected chi connectivity index (χ0v) is 14.4. The topological polar surface area (TPSA) is 73.1 Å². The molecule has 0 saturated heterocycles. The van der Waals surface area contributed by atoms with Crippen LogP contribution in [0.5, 0.6) is 5.75 Å². The molecule has 0 unspecified atom stereocenters. The highest BCUT2D eigenvalue weighted by molar-refractivity contribution is 9.10. The summed E-state index contributed by atoms with van der Waals surface area (Å²) in [5.41, 5.74) is 1.95. The summed E-state index contributed by atoms with van der Waals surface area (Å²) in [5, 5.41) is 21.9. The van der Waals surface area contributed by atoms with Gasteiger partial charge >= 0.3 is 0 Å². The number of rotatable bonds is 3. The molecule has 6 heteroatoms. The molecule has 0 aromatic heterocycles. The summed E-state index contributed by atoms with van der Waals surface area (Å²) in [5.74, 6) is -0.443. The van der Waals surface area contributed by atoms with Gasteiger partial charge in [-0.3, -0.25) is 4.79 Å². The number of anilines is 1. The van der Waals surface area contributed by atoms with E-state index in [4.69, 9.17) is 11.6 Å². The van der Waals surface area contributed by atoms with Gasteiger partial charge in [0.1, 0.15) is 17.4 Å². The standard InChI is InChI=1S/C17H12BrClN2O2/c1-10-2-4-13(19)8-15(10)21-17(23)12(9-20)6-11-3-5-16(22)14(18)7-11/h2-8,22H,1H3,(H,21,23)/b12-6+. The maximum absolute atomic E-state index is 12.3. The number of amides is 1. The van der Waals surface area contributed by atoms with E-state index in [0.29, 0.717) is 20.7 Å². The van der Waals surface area contributed by atoms with E-state index in [9.17, 15) is 15.2 Å². The molecule has 0 fully saturated rings. The van der Waals surface area contributed by atoms with Crippen LogP contribution >= 0.6 is 27.5 Å². The highest BCUT2D eigenvalue weighted by atomic mass is 79.9. The third-order valence-electron chi connectivity index (χ3n) is 3.10. The molecule has 0 heterocycles. The number of nitrogens with one attached hydrogen (secondary N) is 1. The molecule has 0 radical (unpaired) electrons. The Hall–Kier alpha value is -2.29. The van der Waals surface area contributed by atoms with Crippen LogP contribution in [-0.2, 0) is 4.79 Å². The Bertz CT molecular complexity index is 841. The molecule has 23 heavy (non-hydrogen) atoms. The van der Waals surface area contributed by atoms with E-state index >= 15 is 0 Å². The molecule has 0 aliphatic carbocycles. The zero-order valence-electron chi connectivity index (χ0n) is 12.1. The van der Waals surface area contributed by atoms with E-state index in [1.807, 2.05) is 13.0 Å². The van der Waals surface area contributed by atoms with Crippen molar-refractivity contribution in [1.82, 2.24) is 0 Å². The summed E-state index contributed by atoms with van der Waals surface area (Å²) < 4.78 is 0.481. The summed E-state index contributed by atoms with van der Waals surface area (Å²) in [6.45, 7) is 1.83. The number of aromatic hydroxyl groups is 1. The molecule has 2 N–H and O–H groups in total. The molecular weight excluding hydrogens is 380 g/mol. The van der Waals surface area contributed by atoms with Crippen LogP contribution in [0.2, 0.25) is 5.02 Å². The average Bonchev–Trinajstić information content (AvgIpc) is 2.51. The number of nitrogens with zero attached hydrogens (tertiary/aromatic N) is 1. The number of phenolic OH excluding ortho intramolecular Hbond substituents is 1. The van der Waals surface area contributed by atoms with E-state index in [2.05, 4.69) is 21.2 Å². The number of hydrogen-bond acceptors (Lipinski definition) is 3. The van der Waals surface area contributed by atoms with Crippen LogP contribution in [0.25, 0.3) is 6.08 Å². The third-order valence-corrected chi connectivity index (χ3v) is 3.97. The summed E-state index contributed by atoms with van der Waals surface area (Å²) in [4.78, 5) is 12.3. The number of aryl methyl sites for hydroxylation is 1. The van der Waals surface area contributed by atoms with Crippen molar-refractivity contribution in [1.29, 1.82) is 5.26 Å². The van der Waals surface area contributed by atoms with E-state index in [1.165, 1.54) is 12.1 Å². The second kappa shape index (κ2) is 7.32. The van der Waals surface area contributed by atoms with Crippen molar-refractivity contribution in [3.8, 4) is 11.8 Å². The monoisotopic (exact) mass is 390 g/mol. The molecule has 4 nitrogen and oxygen atoms in total. The number of benzene rings is 2. The smallest absolute Gasteiger partial charge is 0.266 e. The van der Waals surface area contributed by atoms with Crippen LogP contribution in [0.15, 0.2) is 46.4 Å². The second-order valence-corrected chi connectivity index (χ2v) is 6.08. The normalized spacial score (nSPS) is 11.0. The van der Waals surface area contributed by atoms with Gasteiger partial charge in [-0.1, -0.05) is 23.7 Å². The summed E-state index contributed by atoms with van der Waals surface area (Å²) in [6, 6.07) is 11.7. The summed E-state index contributed by atoms with van der Waals surface area (Å²) >= 11 is 9.10. The molecule has 0 bridgehead atoms. The van der Waals surface area contributed by atoms with E-state index < -0.39 is 5.91 Å². The first-order valence-electron chi connectivity index (χ1n) is 6.58. The van der Waals surface area contributed by atoms with Crippen molar-refractivity contribution in [3.05, 3.63) is 62.6 Å². The van der Waals surface area contributed by atoms with Crippen LogP contribution in [0, 0.1) is 18.3 Å². The van der Waals surface area contributed by atoms with Gasteiger partial charge in [0.25, 0.3) is 5.91 Å². The lowest BCUT2D eigenvalue weighted by atomic mass is 10.1. The molecule has 116 valence electrons. The highest BCUT2D eigenvalue weighted by Crippen LogP contribution is 2.26. The van der Waals surface area contributed by atoms with Crippen molar-refractivity contribution in [2.75, 3.05) is 5.32 Å². The predicted octanol–water partition coefficient (Wildman–Crippen LogP) is 4.66. The van der Waals surface area contributed by atoms with Gasteiger partial charge in [0, 0.05) is 10.7 Å². The molecule has 2 aromatic carbocycles. The molecule has 0 aliphatic rings. The van der Waals surface area contributed by atoms with E-state index in [1.54, 1.807) is 30.3 Å². The van der Waals surface area contributed by atoms with Crippen LogP contribution in [0.1, 0.15) is 11.1 Å². The third kappa shape index (κ3) is 4.35. The fourth-order valence-corrected chi connectivity index (χ4v) is 2.42. The molecule has 0 spiro atoms. The first kappa shape index (κ1) is 17.1. The van der Waals surface area contributed by atoms with E-state index in [0.717, 1.165) is 5.56 Å². The van der Waals surface area contributed by atoms with Gasteiger partial charge in [-0.25, -0.2) is 0 Å². The van der Waals surface area contributed by atoms with Gasteiger partial charge in [0.2, 0.25) is 0 Å². The van der Waals surface area contributed by atoms with Gasteiger partial charge < -0.3 is 10.4 Å². The van der Waals surface area contributed by atoms with Gasteiger partial charge in [0.15, 0.2) is 0 Å². The maximum Gasteiger partial charge on any atom is 0.266 e. The second-order valence-electron chi connectivity index (χ2n) is 4.79. The fourth-order valence-electron chi connectivity index (χ4n) is 1.85. The lowest BCUT2D eigenvalue weighted by molar-refractivity contribution is -0.112. The highest BCUT2D eigenvalue weighted by Gasteiger charge is 2.11. The minimum atomic E-state index is -0.526. The van der Waals surface area contributed by atoms with Crippen molar-refractivity contribution >= 4 is 45.2 Å². The number of hydrogen-bond donors (Lipinski definition) is 2. The molecule has 1 amide bonds. The lowest BCUT2D eigenvalue weighted by Crippen LogP contribution is -2.14. The van der Waals surface area contributed by atoms with Crippen molar-refractivity contribution < 1.29 is 9.90 Å². The minimum Gasteiger partial charge on any atom is -0.507 e. The number of halogens is 2. The molecule has 0 saturated carbocycles. The molecule has 2 rings (SSSR count). The Balaban J connectivity index is 2.28. The van der Waals surface area contributed by atoms with Gasteiger partial charge in [-0.2, -0.15) is 5.26 Å². The average molecular weight is 392 g/mol. The lowest BCUT2D eigenvalue weighted by Gasteiger charge is -2.08. The Morgan fingerprint density at radius 3 is 2.74 bits per heavy atom. The number of carbonyl (C=O) groups excluding carboxylic acids is 1. The first-order chi connectivity index (χ1) is 10.9. The quantitative estimate of drug-likeness (QED) is 0.590. The van der Waals surface area contributed by atoms with Crippen LogP contribution < -0.4 is 5.32 Å². The van der Waals surface area contributed by atoms with Crippen molar-refractivity contribution in [3.63, 3.8) is 0 Å². The van der Waals surface area contributed by atoms with Gasteiger partial charge in [0.05, 0.1) is 4.47 Å². The number of phenols is 1. The van der Waals surface area contributed by atoms with Crippen LogP contribution in [0.3, 0.4) is 0 Å². The SMILES string of the molecule is Cc1ccc(Cl)cc1NC(=O)/C(C#N)=C/c1ccc(O)c(Br)c1. The molecule has 0 aliphatic heterocycles. The number of carbonyl (C=O) groups is 1. The Morgan fingerprint density at radius 2 is 2.09 bits per heavy atom. The molecule has 0 atom stereocenters. The Kier molecular flexibility index (Phi) is 5.43. The largest absolute Gasteiger partial charge is 0.507 e. The van der Waals surface area contributed by atoms with Crippen molar-refractivity contribution in [2.24, 2.45) is 0 Å². The summed E-state index contributed by atoms with van der Waals surface area (Å²) in [7, 11) is 0. The Morgan fingerprint density at radius 1 is 1.35 bits per heavy atom. The van der Waals surface area contributed by atoms with Crippen LogP contribution in [-0.4, -0.2) is 11.0 Å². The zero-order chi connectivity index (χ0) is 17.0. The van der Waals surface area contributed by atoms with E-state index in [-0.39, 0.29) is 11.3 Å². The first-order valence-corrected chi connectivity index (χ1v) is 7.75. The van der Waals surface area contributed by atoms with Gasteiger partial charge in [-0.15, -0.1) is 0 Å². The Labute approximate surface area is 147 Å². The fraction of sp³-hybridized carbons (Fsp3) is 0.0588.